The van der Waals surface area contributed by atoms with Crippen LogP contribution in [0.3, 0.4) is 0 Å². The second kappa shape index (κ2) is 6.64. The number of rotatable bonds is 4. The van der Waals surface area contributed by atoms with E-state index in [-0.39, 0.29) is 5.91 Å². The topological polar surface area (TPSA) is 81.5 Å². The molecule has 0 aromatic carbocycles. The number of anilines is 1. The molecule has 0 saturated carbocycles. The molecule has 0 atom stereocenters. The number of aromatic nitrogens is 3. The summed E-state index contributed by atoms with van der Waals surface area (Å²) in [6.07, 6.45) is 4.00. The van der Waals surface area contributed by atoms with Crippen LogP contribution in [0.15, 0.2) is 22.9 Å². The maximum absolute atomic E-state index is 12.6. The van der Waals surface area contributed by atoms with E-state index in [1.807, 2.05) is 11.0 Å². The molecule has 2 aromatic rings. The smallest absolute Gasteiger partial charge is 0.289 e. The molecule has 2 saturated heterocycles. The Hall–Kier alpha value is -2.35. The highest BCUT2D eigenvalue weighted by Gasteiger charge is 2.25. The molecular formula is C16H22N6O2. The summed E-state index contributed by atoms with van der Waals surface area (Å²) in [5.41, 5.74) is 0. The largest absolute Gasteiger partial charge is 0.455 e. The number of hydrogen-bond donors (Lipinski definition) is 1. The standard InChI is InChI=1S/C16H22N6O2/c23-15(14-4-3-13(24-14)11-20-5-1-2-6-20)21-7-9-22(10-8-21)16-17-12-18-19-16/h3-4,12H,1-2,5-11H2,(H,17,18,19). The second-order valence-corrected chi connectivity index (χ2v) is 6.34. The molecule has 0 spiro atoms. The summed E-state index contributed by atoms with van der Waals surface area (Å²) in [4.78, 5) is 23.1. The molecule has 2 fully saturated rings. The summed E-state index contributed by atoms with van der Waals surface area (Å²) in [7, 11) is 0. The molecule has 4 heterocycles. The molecule has 24 heavy (non-hydrogen) atoms. The maximum atomic E-state index is 12.6. The SMILES string of the molecule is O=C(c1ccc(CN2CCCC2)o1)N1CCN(c2ncn[nH]2)CC1. The Bertz CT molecular complexity index is 669. The number of aromatic amines is 1. The molecule has 2 aromatic heterocycles. The Kier molecular flexibility index (Phi) is 4.20. The van der Waals surface area contributed by atoms with Crippen molar-refractivity contribution < 1.29 is 9.21 Å². The number of piperazine rings is 1. The summed E-state index contributed by atoms with van der Waals surface area (Å²) in [5, 5.41) is 6.72. The van der Waals surface area contributed by atoms with Gasteiger partial charge in [0.15, 0.2) is 5.76 Å². The Labute approximate surface area is 140 Å². The molecule has 0 unspecified atom stereocenters. The zero-order valence-corrected chi connectivity index (χ0v) is 13.6. The van der Waals surface area contributed by atoms with Gasteiger partial charge in [0.25, 0.3) is 5.91 Å². The molecule has 0 aliphatic carbocycles. The van der Waals surface area contributed by atoms with Gasteiger partial charge in [-0.15, -0.1) is 0 Å². The van der Waals surface area contributed by atoms with Gasteiger partial charge in [0.1, 0.15) is 12.1 Å². The third-order valence-corrected chi connectivity index (χ3v) is 4.72. The van der Waals surface area contributed by atoms with Gasteiger partial charge in [-0.2, -0.15) is 10.1 Å². The van der Waals surface area contributed by atoms with Crippen LogP contribution in [0.2, 0.25) is 0 Å². The normalized spacial score (nSPS) is 19.2. The summed E-state index contributed by atoms with van der Waals surface area (Å²) >= 11 is 0. The van der Waals surface area contributed by atoms with Gasteiger partial charge in [-0.05, 0) is 38.1 Å². The van der Waals surface area contributed by atoms with Crippen LogP contribution in [0, 0.1) is 0 Å². The molecule has 8 heteroatoms. The number of carbonyl (C=O) groups excluding carboxylic acids is 1. The van der Waals surface area contributed by atoms with Gasteiger partial charge in [0, 0.05) is 26.2 Å². The van der Waals surface area contributed by atoms with Gasteiger partial charge >= 0.3 is 0 Å². The quantitative estimate of drug-likeness (QED) is 0.899. The van der Waals surface area contributed by atoms with Crippen LogP contribution in [0.4, 0.5) is 5.95 Å². The average Bonchev–Trinajstić information content (AvgIpc) is 3.37. The number of furan rings is 1. The van der Waals surface area contributed by atoms with E-state index in [0.29, 0.717) is 18.8 Å². The van der Waals surface area contributed by atoms with Crippen molar-refractivity contribution in [3.8, 4) is 0 Å². The third kappa shape index (κ3) is 3.14. The highest BCUT2D eigenvalue weighted by Crippen LogP contribution is 2.17. The van der Waals surface area contributed by atoms with Gasteiger partial charge in [-0.25, -0.2) is 5.10 Å². The fourth-order valence-electron chi connectivity index (χ4n) is 3.37. The van der Waals surface area contributed by atoms with Gasteiger partial charge in [0.2, 0.25) is 5.95 Å². The minimum Gasteiger partial charge on any atom is -0.455 e. The van der Waals surface area contributed by atoms with E-state index in [1.165, 1.54) is 19.2 Å². The molecule has 2 aliphatic heterocycles. The van der Waals surface area contributed by atoms with Crippen LogP contribution in [-0.2, 0) is 6.54 Å². The average molecular weight is 330 g/mol. The van der Waals surface area contributed by atoms with E-state index in [1.54, 1.807) is 6.07 Å². The minimum atomic E-state index is -0.0279. The Morgan fingerprint density at radius 3 is 2.62 bits per heavy atom. The van der Waals surface area contributed by atoms with E-state index >= 15 is 0 Å². The van der Waals surface area contributed by atoms with Crippen molar-refractivity contribution in [3.63, 3.8) is 0 Å². The van der Waals surface area contributed by atoms with Crippen LogP contribution < -0.4 is 4.90 Å². The van der Waals surface area contributed by atoms with Gasteiger partial charge in [-0.3, -0.25) is 9.69 Å². The molecule has 8 nitrogen and oxygen atoms in total. The molecule has 2 aliphatic rings. The van der Waals surface area contributed by atoms with Crippen molar-refractivity contribution in [3.05, 3.63) is 30.0 Å². The van der Waals surface area contributed by atoms with Crippen molar-refractivity contribution in [1.29, 1.82) is 0 Å². The summed E-state index contributed by atoms with van der Waals surface area (Å²) < 4.78 is 5.78. The molecule has 1 amide bonds. The van der Waals surface area contributed by atoms with Crippen molar-refractivity contribution in [2.24, 2.45) is 0 Å². The van der Waals surface area contributed by atoms with Crippen molar-refractivity contribution in [2.75, 3.05) is 44.2 Å². The molecule has 1 N–H and O–H groups in total. The first kappa shape index (κ1) is 15.2. The van der Waals surface area contributed by atoms with Crippen LogP contribution >= 0.6 is 0 Å². The molecule has 4 rings (SSSR count). The first-order chi connectivity index (χ1) is 11.8. The number of H-pyrrole nitrogens is 1. The first-order valence-electron chi connectivity index (χ1n) is 8.50. The first-order valence-corrected chi connectivity index (χ1v) is 8.50. The van der Waals surface area contributed by atoms with E-state index in [0.717, 1.165) is 44.4 Å². The Morgan fingerprint density at radius 1 is 1.12 bits per heavy atom. The minimum absolute atomic E-state index is 0.0279. The number of amides is 1. The molecule has 0 radical (unpaired) electrons. The molecule has 0 bridgehead atoms. The second-order valence-electron chi connectivity index (χ2n) is 6.34. The van der Waals surface area contributed by atoms with E-state index in [9.17, 15) is 4.79 Å². The van der Waals surface area contributed by atoms with Crippen molar-refractivity contribution in [1.82, 2.24) is 25.0 Å². The number of nitrogens with zero attached hydrogens (tertiary/aromatic N) is 5. The number of hydrogen-bond acceptors (Lipinski definition) is 6. The number of likely N-dealkylation sites (tertiary alicyclic amines) is 1. The lowest BCUT2D eigenvalue weighted by molar-refractivity contribution is 0.0710. The van der Waals surface area contributed by atoms with Crippen molar-refractivity contribution in [2.45, 2.75) is 19.4 Å². The monoisotopic (exact) mass is 330 g/mol. The van der Waals surface area contributed by atoms with E-state index in [2.05, 4.69) is 25.0 Å². The van der Waals surface area contributed by atoms with Crippen LogP contribution in [0.25, 0.3) is 0 Å². The predicted octanol–water partition coefficient (Wildman–Crippen LogP) is 0.956. The van der Waals surface area contributed by atoms with Crippen LogP contribution in [0.1, 0.15) is 29.2 Å². The fraction of sp³-hybridized carbons (Fsp3) is 0.562. The van der Waals surface area contributed by atoms with Crippen molar-refractivity contribution >= 4 is 11.9 Å². The number of nitrogens with one attached hydrogen (secondary N) is 1. The predicted molar refractivity (Wildman–Crippen MR) is 87.7 cm³/mol. The lowest BCUT2D eigenvalue weighted by Gasteiger charge is -2.33. The van der Waals surface area contributed by atoms with E-state index < -0.39 is 0 Å². The summed E-state index contributed by atoms with van der Waals surface area (Å²) in [6, 6.07) is 3.73. The summed E-state index contributed by atoms with van der Waals surface area (Å²) in [6.45, 7) is 5.82. The maximum Gasteiger partial charge on any atom is 0.289 e. The highest BCUT2D eigenvalue weighted by atomic mass is 16.4. The molecular weight excluding hydrogens is 308 g/mol. The fourth-order valence-corrected chi connectivity index (χ4v) is 3.37. The van der Waals surface area contributed by atoms with Crippen LogP contribution in [-0.4, -0.2) is 70.2 Å². The Balaban J connectivity index is 1.33. The van der Waals surface area contributed by atoms with Crippen LogP contribution in [0.5, 0.6) is 0 Å². The lowest BCUT2D eigenvalue weighted by Crippen LogP contribution is -2.49. The van der Waals surface area contributed by atoms with Gasteiger partial charge < -0.3 is 14.2 Å². The number of carbonyl (C=O) groups is 1. The molecule has 128 valence electrons. The Morgan fingerprint density at radius 2 is 1.92 bits per heavy atom. The third-order valence-electron chi connectivity index (χ3n) is 4.72. The van der Waals surface area contributed by atoms with E-state index in [4.69, 9.17) is 4.42 Å². The summed E-state index contributed by atoms with van der Waals surface area (Å²) in [5.74, 6) is 2.05. The van der Waals surface area contributed by atoms with Gasteiger partial charge in [0.05, 0.1) is 6.54 Å². The van der Waals surface area contributed by atoms with Gasteiger partial charge in [-0.1, -0.05) is 0 Å². The highest BCUT2D eigenvalue weighted by molar-refractivity contribution is 5.91. The zero-order valence-electron chi connectivity index (χ0n) is 13.6. The zero-order chi connectivity index (χ0) is 16.4. The lowest BCUT2D eigenvalue weighted by atomic mass is 10.3.